The van der Waals surface area contributed by atoms with Crippen LogP contribution in [-0.4, -0.2) is 18.8 Å². The van der Waals surface area contributed by atoms with Crippen molar-refractivity contribution in [3.05, 3.63) is 0 Å². The summed E-state index contributed by atoms with van der Waals surface area (Å²) >= 11 is 0. The van der Waals surface area contributed by atoms with Crippen LogP contribution in [0, 0.1) is 5.92 Å². The molecular weight excluding hydrogens is 150 g/mol. The Balaban J connectivity index is 1.97. The molecular formula is C10H19NO. The smallest absolute Gasteiger partial charge is 0.0648 e. The van der Waals surface area contributed by atoms with Crippen LogP contribution < -0.4 is 5.73 Å². The Hall–Kier alpha value is -0.0800. The van der Waals surface area contributed by atoms with Gasteiger partial charge in [-0.05, 0) is 31.6 Å². The van der Waals surface area contributed by atoms with Crippen molar-refractivity contribution in [3.63, 3.8) is 0 Å². The van der Waals surface area contributed by atoms with E-state index in [4.69, 9.17) is 10.5 Å². The van der Waals surface area contributed by atoms with Crippen molar-refractivity contribution in [1.82, 2.24) is 0 Å². The van der Waals surface area contributed by atoms with Gasteiger partial charge in [-0.3, -0.25) is 0 Å². The lowest BCUT2D eigenvalue weighted by Crippen LogP contribution is -2.52. The molecule has 1 unspecified atom stereocenters. The van der Waals surface area contributed by atoms with Crippen LogP contribution in [0.3, 0.4) is 0 Å². The molecule has 1 atom stereocenters. The molecule has 2 heteroatoms. The van der Waals surface area contributed by atoms with Crippen LogP contribution in [-0.2, 0) is 4.74 Å². The molecule has 0 aromatic rings. The highest BCUT2D eigenvalue weighted by molar-refractivity contribution is 4.94. The third-order valence-corrected chi connectivity index (χ3v) is 3.47. The fourth-order valence-electron chi connectivity index (χ4n) is 2.66. The highest BCUT2D eigenvalue weighted by atomic mass is 16.5. The van der Waals surface area contributed by atoms with E-state index in [1.807, 2.05) is 0 Å². The maximum atomic E-state index is 6.34. The summed E-state index contributed by atoms with van der Waals surface area (Å²) in [6.07, 6.45) is 7.76. The number of hydrogen-bond donors (Lipinski definition) is 1. The van der Waals surface area contributed by atoms with Crippen molar-refractivity contribution in [1.29, 1.82) is 0 Å². The lowest BCUT2D eigenvalue weighted by molar-refractivity contribution is 0.0122. The Labute approximate surface area is 74.5 Å². The van der Waals surface area contributed by atoms with E-state index in [1.165, 1.54) is 32.1 Å². The van der Waals surface area contributed by atoms with Crippen molar-refractivity contribution in [2.24, 2.45) is 11.7 Å². The van der Waals surface area contributed by atoms with Crippen LogP contribution >= 0.6 is 0 Å². The summed E-state index contributed by atoms with van der Waals surface area (Å²) < 4.78 is 5.47. The second kappa shape index (κ2) is 3.35. The van der Waals surface area contributed by atoms with Gasteiger partial charge in [0.1, 0.15) is 0 Å². The molecule has 0 amide bonds. The quantitative estimate of drug-likeness (QED) is 0.648. The van der Waals surface area contributed by atoms with Gasteiger partial charge < -0.3 is 10.5 Å². The van der Waals surface area contributed by atoms with Crippen LogP contribution in [0.4, 0.5) is 0 Å². The highest BCUT2D eigenvalue weighted by Crippen LogP contribution is 2.36. The summed E-state index contributed by atoms with van der Waals surface area (Å²) in [5.74, 6) is 0.748. The largest absolute Gasteiger partial charge is 0.380 e. The molecule has 2 nitrogen and oxygen atoms in total. The predicted molar refractivity (Wildman–Crippen MR) is 48.9 cm³/mol. The van der Waals surface area contributed by atoms with Crippen molar-refractivity contribution in [2.45, 2.75) is 44.1 Å². The zero-order valence-corrected chi connectivity index (χ0v) is 7.72. The molecule has 2 N–H and O–H groups in total. The van der Waals surface area contributed by atoms with E-state index in [0.29, 0.717) is 0 Å². The maximum absolute atomic E-state index is 6.34. The van der Waals surface area contributed by atoms with E-state index in [2.05, 4.69) is 0 Å². The van der Waals surface area contributed by atoms with Gasteiger partial charge in [0.05, 0.1) is 6.61 Å². The van der Waals surface area contributed by atoms with E-state index in [0.717, 1.165) is 25.6 Å². The molecule has 0 radical (unpaired) electrons. The van der Waals surface area contributed by atoms with Gasteiger partial charge in [-0.25, -0.2) is 0 Å². The van der Waals surface area contributed by atoms with Crippen molar-refractivity contribution >= 4 is 0 Å². The lowest BCUT2D eigenvalue weighted by Gasteiger charge is -2.38. The highest BCUT2D eigenvalue weighted by Gasteiger charge is 2.37. The Morgan fingerprint density at radius 3 is 2.50 bits per heavy atom. The van der Waals surface area contributed by atoms with Crippen molar-refractivity contribution in [2.75, 3.05) is 13.2 Å². The zero-order valence-electron chi connectivity index (χ0n) is 7.72. The summed E-state index contributed by atoms with van der Waals surface area (Å²) in [6.45, 7) is 1.73. The van der Waals surface area contributed by atoms with Gasteiger partial charge in [-0.1, -0.05) is 12.8 Å². The molecule has 0 spiro atoms. The van der Waals surface area contributed by atoms with E-state index in [9.17, 15) is 0 Å². The minimum Gasteiger partial charge on any atom is -0.380 e. The molecule has 70 valence electrons. The third-order valence-electron chi connectivity index (χ3n) is 3.47. The number of hydrogen-bond acceptors (Lipinski definition) is 2. The molecule has 2 fully saturated rings. The molecule has 1 saturated carbocycles. The summed E-state index contributed by atoms with van der Waals surface area (Å²) in [7, 11) is 0. The van der Waals surface area contributed by atoms with Gasteiger partial charge in [0.15, 0.2) is 0 Å². The Morgan fingerprint density at radius 2 is 1.92 bits per heavy atom. The van der Waals surface area contributed by atoms with Crippen LogP contribution in [0.15, 0.2) is 0 Å². The monoisotopic (exact) mass is 169 g/mol. The number of rotatable bonds is 1. The van der Waals surface area contributed by atoms with Gasteiger partial charge in [0.2, 0.25) is 0 Å². The molecule has 2 aliphatic rings. The second-order valence-electron chi connectivity index (χ2n) is 4.37. The van der Waals surface area contributed by atoms with E-state index < -0.39 is 0 Å². The predicted octanol–water partition coefficient (Wildman–Crippen LogP) is 1.68. The van der Waals surface area contributed by atoms with Crippen LogP contribution in [0.2, 0.25) is 0 Å². The van der Waals surface area contributed by atoms with Crippen LogP contribution in [0.5, 0.6) is 0 Å². The Kier molecular flexibility index (Phi) is 2.37. The molecule has 1 aliphatic heterocycles. The fourth-order valence-corrected chi connectivity index (χ4v) is 2.66. The molecule has 1 saturated heterocycles. The minimum absolute atomic E-state index is 0.0365. The summed E-state index contributed by atoms with van der Waals surface area (Å²) in [6, 6.07) is 0. The van der Waals surface area contributed by atoms with Gasteiger partial charge in [-0.15, -0.1) is 0 Å². The standard InChI is InChI=1S/C10H19NO/c11-10(6-3-7-12-8-10)9-4-1-2-5-9/h9H,1-8,11H2. The molecule has 12 heavy (non-hydrogen) atoms. The maximum Gasteiger partial charge on any atom is 0.0648 e. The third kappa shape index (κ3) is 1.50. The summed E-state index contributed by atoms with van der Waals surface area (Å²) in [5.41, 5.74) is 6.38. The average Bonchev–Trinajstić information content (AvgIpc) is 2.58. The van der Waals surface area contributed by atoms with Gasteiger partial charge >= 0.3 is 0 Å². The first-order valence-corrected chi connectivity index (χ1v) is 5.18. The van der Waals surface area contributed by atoms with Crippen molar-refractivity contribution in [3.8, 4) is 0 Å². The zero-order chi connectivity index (χ0) is 8.44. The summed E-state index contributed by atoms with van der Waals surface area (Å²) in [4.78, 5) is 0. The van der Waals surface area contributed by atoms with Crippen LogP contribution in [0.25, 0.3) is 0 Å². The van der Waals surface area contributed by atoms with Crippen molar-refractivity contribution < 1.29 is 4.74 Å². The molecule has 1 aliphatic carbocycles. The molecule has 0 aromatic carbocycles. The van der Waals surface area contributed by atoms with Gasteiger partial charge in [0.25, 0.3) is 0 Å². The van der Waals surface area contributed by atoms with E-state index >= 15 is 0 Å². The lowest BCUT2D eigenvalue weighted by atomic mass is 9.79. The number of ether oxygens (including phenoxy) is 1. The first-order valence-electron chi connectivity index (χ1n) is 5.18. The Morgan fingerprint density at radius 1 is 1.17 bits per heavy atom. The topological polar surface area (TPSA) is 35.2 Å². The van der Waals surface area contributed by atoms with Crippen LogP contribution in [0.1, 0.15) is 38.5 Å². The first kappa shape index (κ1) is 8.52. The molecule has 0 aromatic heterocycles. The molecule has 1 heterocycles. The minimum atomic E-state index is 0.0365. The Bertz CT molecular complexity index is 146. The van der Waals surface area contributed by atoms with E-state index in [-0.39, 0.29) is 5.54 Å². The van der Waals surface area contributed by atoms with Gasteiger partial charge in [0, 0.05) is 12.1 Å². The second-order valence-corrected chi connectivity index (χ2v) is 4.37. The summed E-state index contributed by atoms with van der Waals surface area (Å²) in [5, 5.41) is 0. The fraction of sp³-hybridized carbons (Fsp3) is 1.00. The molecule has 2 rings (SSSR count). The first-order chi connectivity index (χ1) is 5.81. The molecule has 0 bridgehead atoms. The van der Waals surface area contributed by atoms with Gasteiger partial charge in [-0.2, -0.15) is 0 Å². The normalized spacial score (nSPS) is 38.8. The number of nitrogens with two attached hydrogens (primary N) is 1. The average molecular weight is 169 g/mol. The van der Waals surface area contributed by atoms with E-state index in [1.54, 1.807) is 0 Å². The SMILES string of the molecule is NC1(C2CCCC2)CCCOC1.